The van der Waals surface area contributed by atoms with E-state index in [1.54, 1.807) is 35.7 Å². The molecule has 4 rings (SSSR count). The van der Waals surface area contributed by atoms with E-state index >= 15 is 0 Å². The van der Waals surface area contributed by atoms with Crippen molar-refractivity contribution in [3.8, 4) is 0 Å². The van der Waals surface area contributed by atoms with Gasteiger partial charge in [-0.3, -0.25) is 14.0 Å². The van der Waals surface area contributed by atoms with E-state index in [-0.39, 0.29) is 11.7 Å². The lowest BCUT2D eigenvalue weighted by molar-refractivity contribution is 0.0758. The van der Waals surface area contributed by atoms with Gasteiger partial charge in [-0.1, -0.05) is 24.1 Å². The Morgan fingerprint density at radius 3 is 2.63 bits per heavy atom. The van der Waals surface area contributed by atoms with Gasteiger partial charge in [-0.25, -0.2) is 4.98 Å². The van der Waals surface area contributed by atoms with Crippen molar-refractivity contribution >= 4 is 23.1 Å². The molecule has 0 radical (unpaired) electrons. The molecule has 1 N–H and O–H groups in total. The summed E-state index contributed by atoms with van der Waals surface area (Å²) >= 11 is 0. The maximum absolute atomic E-state index is 13.1. The number of carbonyl (C=O) groups is 2. The first-order chi connectivity index (χ1) is 13.1. The largest absolute Gasteiger partial charge is 0.360 e. The van der Waals surface area contributed by atoms with Gasteiger partial charge in [0.1, 0.15) is 5.76 Å². The number of amides is 2. The third kappa shape index (κ3) is 3.42. The SMILES string of the molecule is Cc1cc(NC(=O)c2nc(C(=O)N3CCCCCC3)c3ccccn23)no1. The minimum Gasteiger partial charge on any atom is -0.360 e. The average Bonchev–Trinajstić information content (AvgIpc) is 3.14. The number of hydrogen-bond donors (Lipinski definition) is 1. The van der Waals surface area contributed by atoms with Gasteiger partial charge in [0, 0.05) is 25.4 Å². The molecular weight excluding hydrogens is 346 g/mol. The summed E-state index contributed by atoms with van der Waals surface area (Å²) in [6, 6.07) is 7.05. The molecule has 0 unspecified atom stereocenters. The van der Waals surface area contributed by atoms with Gasteiger partial charge in [0.2, 0.25) is 5.82 Å². The molecule has 0 aromatic carbocycles. The van der Waals surface area contributed by atoms with E-state index in [1.807, 2.05) is 11.0 Å². The van der Waals surface area contributed by atoms with Crippen molar-refractivity contribution in [2.45, 2.75) is 32.6 Å². The third-order valence-corrected chi connectivity index (χ3v) is 4.72. The normalized spacial score (nSPS) is 14.9. The van der Waals surface area contributed by atoms with Gasteiger partial charge >= 0.3 is 0 Å². The maximum Gasteiger partial charge on any atom is 0.293 e. The highest BCUT2D eigenvalue weighted by molar-refractivity contribution is 6.05. The topological polar surface area (TPSA) is 92.7 Å². The van der Waals surface area contributed by atoms with Crippen LogP contribution in [0.5, 0.6) is 0 Å². The van der Waals surface area contributed by atoms with Crippen molar-refractivity contribution in [1.82, 2.24) is 19.4 Å². The molecule has 2 amide bonds. The number of hydrogen-bond acceptors (Lipinski definition) is 5. The Hall–Kier alpha value is -3.16. The molecule has 1 aliphatic rings. The fourth-order valence-corrected chi connectivity index (χ4v) is 3.38. The van der Waals surface area contributed by atoms with Crippen LogP contribution < -0.4 is 5.32 Å². The number of likely N-dealkylation sites (tertiary alicyclic amines) is 1. The molecule has 1 aliphatic heterocycles. The van der Waals surface area contributed by atoms with Crippen LogP contribution >= 0.6 is 0 Å². The molecule has 8 heteroatoms. The standard InChI is InChI=1S/C19H21N5O3/c1-13-12-15(22-27-13)20-18(25)17-21-16(14-8-4-7-11-24(14)17)19(26)23-9-5-2-3-6-10-23/h4,7-8,11-12H,2-3,5-6,9-10H2,1H3,(H,20,22,25). The summed E-state index contributed by atoms with van der Waals surface area (Å²) in [5, 5.41) is 6.43. The number of nitrogens with one attached hydrogen (secondary N) is 1. The van der Waals surface area contributed by atoms with Crippen LogP contribution in [0, 0.1) is 6.92 Å². The smallest absolute Gasteiger partial charge is 0.293 e. The van der Waals surface area contributed by atoms with Crippen LogP contribution in [-0.2, 0) is 0 Å². The summed E-state index contributed by atoms with van der Waals surface area (Å²) in [7, 11) is 0. The van der Waals surface area contributed by atoms with Crippen LogP contribution in [0.4, 0.5) is 5.82 Å². The number of carbonyl (C=O) groups excluding carboxylic acids is 2. The minimum atomic E-state index is -0.445. The van der Waals surface area contributed by atoms with E-state index in [0.717, 1.165) is 38.8 Å². The highest BCUT2D eigenvalue weighted by Crippen LogP contribution is 2.19. The van der Waals surface area contributed by atoms with E-state index in [9.17, 15) is 9.59 Å². The summed E-state index contributed by atoms with van der Waals surface area (Å²) in [5.41, 5.74) is 0.923. The first-order valence-corrected chi connectivity index (χ1v) is 9.14. The summed E-state index contributed by atoms with van der Waals surface area (Å²) in [6.07, 6.45) is 5.99. The van der Waals surface area contributed by atoms with Crippen molar-refractivity contribution in [3.05, 3.63) is 47.7 Å². The number of aryl methyl sites for hydroxylation is 1. The average molecular weight is 367 g/mol. The number of nitrogens with zero attached hydrogens (tertiary/aromatic N) is 4. The van der Waals surface area contributed by atoms with Gasteiger partial charge in [-0.05, 0) is 31.9 Å². The molecule has 27 heavy (non-hydrogen) atoms. The lowest BCUT2D eigenvalue weighted by atomic mass is 10.2. The fraction of sp³-hybridized carbons (Fsp3) is 0.368. The Balaban J connectivity index is 1.68. The van der Waals surface area contributed by atoms with E-state index < -0.39 is 5.91 Å². The van der Waals surface area contributed by atoms with Crippen LogP contribution in [0.25, 0.3) is 5.52 Å². The van der Waals surface area contributed by atoms with E-state index in [1.165, 1.54) is 0 Å². The molecule has 3 aromatic heterocycles. The zero-order valence-corrected chi connectivity index (χ0v) is 15.1. The zero-order chi connectivity index (χ0) is 18.8. The second-order valence-electron chi connectivity index (χ2n) is 6.72. The molecule has 1 fully saturated rings. The monoisotopic (exact) mass is 367 g/mol. The van der Waals surface area contributed by atoms with Crippen LogP contribution in [0.3, 0.4) is 0 Å². The van der Waals surface area contributed by atoms with Gasteiger partial charge in [0.05, 0.1) is 5.52 Å². The van der Waals surface area contributed by atoms with Gasteiger partial charge in [-0.2, -0.15) is 0 Å². The zero-order valence-electron chi connectivity index (χ0n) is 15.1. The summed E-state index contributed by atoms with van der Waals surface area (Å²) in [4.78, 5) is 32.0. The fourth-order valence-electron chi connectivity index (χ4n) is 3.38. The van der Waals surface area contributed by atoms with Crippen LogP contribution in [0.1, 0.15) is 52.6 Å². The van der Waals surface area contributed by atoms with Crippen molar-refractivity contribution in [1.29, 1.82) is 0 Å². The number of rotatable bonds is 3. The number of imidazole rings is 1. The van der Waals surface area contributed by atoms with E-state index in [2.05, 4.69) is 15.5 Å². The number of anilines is 1. The summed E-state index contributed by atoms with van der Waals surface area (Å²) < 4.78 is 6.60. The first-order valence-electron chi connectivity index (χ1n) is 9.14. The van der Waals surface area contributed by atoms with Crippen molar-refractivity contribution < 1.29 is 14.1 Å². The second-order valence-corrected chi connectivity index (χ2v) is 6.72. The van der Waals surface area contributed by atoms with Crippen LogP contribution in [0.15, 0.2) is 35.0 Å². The predicted octanol–water partition coefficient (Wildman–Crippen LogP) is 2.90. The highest BCUT2D eigenvalue weighted by atomic mass is 16.5. The molecular formula is C19H21N5O3. The number of pyridine rings is 1. The molecule has 0 bridgehead atoms. The van der Waals surface area contributed by atoms with Crippen molar-refractivity contribution in [2.75, 3.05) is 18.4 Å². The summed E-state index contributed by atoms with van der Waals surface area (Å²) in [6.45, 7) is 3.19. The lowest BCUT2D eigenvalue weighted by Crippen LogP contribution is -2.32. The van der Waals surface area contributed by atoms with Crippen LogP contribution in [0.2, 0.25) is 0 Å². The molecule has 0 atom stereocenters. The van der Waals surface area contributed by atoms with Gasteiger partial charge in [0.25, 0.3) is 11.8 Å². The number of fused-ring (bicyclic) bond motifs is 1. The molecule has 0 spiro atoms. The minimum absolute atomic E-state index is 0.128. The van der Waals surface area contributed by atoms with Crippen molar-refractivity contribution in [2.24, 2.45) is 0 Å². The van der Waals surface area contributed by atoms with E-state index in [0.29, 0.717) is 22.8 Å². The number of aromatic nitrogens is 3. The lowest BCUT2D eigenvalue weighted by Gasteiger charge is -2.19. The molecule has 8 nitrogen and oxygen atoms in total. The van der Waals surface area contributed by atoms with Gasteiger partial charge in [0.15, 0.2) is 11.5 Å². The molecule has 1 saturated heterocycles. The molecule has 0 aliphatic carbocycles. The Kier molecular flexibility index (Phi) is 4.62. The maximum atomic E-state index is 13.1. The molecule has 4 heterocycles. The Morgan fingerprint density at radius 1 is 1.15 bits per heavy atom. The highest BCUT2D eigenvalue weighted by Gasteiger charge is 2.26. The van der Waals surface area contributed by atoms with Crippen molar-refractivity contribution in [3.63, 3.8) is 0 Å². The summed E-state index contributed by atoms with van der Waals surface area (Å²) in [5.74, 6) is 0.474. The van der Waals surface area contributed by atoms with Gasteiger partial charge in [-0.15, -0.1) is 0 Å². The Labute approximate surface area is 156 Å². The van der Waals surface area contributed by atoms with Gasteiger partial charge < -0.3 is 14.7 Å². The quantitative estimate of drug-likeness (QED) is 0.768. The molecule has 3 aromatic rings. The Morgan fingerprint density at radius 2 is 1.93 bits per heavy atom. The third-order valence-electron chi connectivity index (χ3n) is 4.72. The molecule has 0 saturated carbocycles. The first kappa shape index (κ1) is 17.3. The van der Waals surface area contributed by atoms with Crippen LogP contribution in [-0.4, -0.2) is 44.3 Å². The molecule has 140 valence electrons. The van der Waals surface area contributed by atoms with E-state index in [4.69, 9.17) is 4.52 Å². The Bertz CT molecular complexity index is 982. The predicted molar refractivity (Wildman–Crippen MR) is 98.8 cm³/mol. The second kappa shape index (κ2) is 7.22.